The molecular formula is C25H40N4O6. The van der Waals surface area contributed by atoms with Crippen LogP contribution in [0.5, 0.6) is 0 Å². The van der Waals surface area contributed by atoms with Gasteiger partial charge >= 0.3 is 5.97 Å². The number of carbonyl (C=O) groups excluding carboxylic acids is 3. The van der Waals surface area contributed by atoms with E-state index in [2.05, 4.69) is 16.0 Å². The minimum Gasteiger partial charge on any atom is -0.480 e. The summed E-state index contributed by atoms with van der Waals surface area (Å²) in [6.07, 6.45) is -0.00622. The molecule has 0 aliphatic heterocycles. The zero-order chi connectivity index (χ0) is 26.7. The van der Waals surface area contributed by atoms with E-state index in [0.29, 0.717) is 12.8 Å². The van der Waals surface area contributed by atoms with Crippen LogP contribution in [0.15, 0.2) is 30.3 Å². The third-order valence-electron chi connectivity index (χ3n) is 6.31. The van der Waals surface area contributed by atoms with Gasteiger partial charge in [0.1, 0.15) is 18.1 Å². The molecule has 0 radical (unpaired) electrons. The Kier molecular flexibility index (Phi) is 12.4. The average molecular weight is 493 g/mol. The van der Waals surface area contributed by atoms with Crippen LogP contribution in [0.25, 0.3) is 0 Å². The van der Waals surface area contributed by atoms with Gasteiger partial charge in [-0.15, -0.1) is 0 Å². The highest BCUT2D eigenvalue weighted by Gasteiger charge is 2.34. The number of aliphatic carboxylic acids is 1. The molecule has 196 valence electrons. The highest BCUT2D eigenvalue weighted by atomic mass is 16.4. The summed E-state index contributed by atoms with van der Waals surface area (Å²) in [5, 5.41) is 27.3. The lowest BCUT2D eigenvalue weighted by Crippen LogP contribution is -2.61. The molecule has 1 rings (SSSR count). The number of hydrogen-bond donors (Lipinski definition) is 6. The molecule has 0 aliphatic carbocycles. The Morgan fingerprint density at radius 3 is 1.86 bits per heavy atom. The Morgan fingerprint density at radius 1 is 0.829 bits per heavy atom. The number of aliphatic hydroxyl groups excluding tert-OH is 1. The van der Waals surface area contributed by atoms with Gasteiger partial charge in [0, 0.05) is 6.42 Å². The van der Waals surface area contributed by atoms with Gasteiger partial charge < -0.3 is 31.9 Å². The standard InChI is InChI=1S/C25H40N4O6/c1-6-14(3)19(26)23(32)29-21(16(5)30)24(33)27-18(13-17-11-9-8-10-12-17)22(31)28-20(25(34)35)15(4)7-2/h8-12,14-16,18-21,30H,6-7,13,26H2,1-5H3,(H,27,33)(H,28,31)(H,29,32)(H,34,35). The van der Waals surface area contributed by atoms with Gasteiger partial charge in [0.2, 0.25) is 17.7 Å². The van der Waals surface area contributed by atoms with Crippen LogP contribution >= 0.6 is 0 Å². The topological polar surface area (TPSA) is 171 Å². The van der Waals surface area contributed by atoms with Crippen LogP contribution in [0, 0.1) is 11.8 Å². The molecule has 1 aromatic carbocycles. The van der Waals surface area contributed by atoms with Crippen molar-refractivity contribution in [2.24, 2.45) is 17.6 Å². The van der Waals surface area contributed by atoms with Gasteiger partial charge in [-0.05, 0) is 24.3 Å². The van der Waals surface area contributed by atoms with Crippen molar-refractivity contribution in [1.82, 2.24) is 16.0 Å². The molecule has 0 spiro atoms. The molecule has 10 heteroatoms. The Labute approximate surface area is 207 Å². The third kappa shape index (κ3) is 9.29. The average Bonchev–Trinajstić information content (AvgIpc) is 2.83. The molecular weight excluding hydrogens is 452 g/mol. The Bertz CT molecular complexity index is 848. The van der Waals surface area contributed by atoms with Gasteiger partial charge in [0.05, 0.1) is 12.1 Å². The summed E-state index contributed by atoms with van der Waals surface area (Å²) in [5.41, 5.74) is 6.69. The normalized spacial score (nSPS) is 17.1. The van der Waals surface area contributed by atoms with Crippen LogP contribution in [-0.2, 0) is 25.6 Å². The second-order valence-electron chi connectivity index (χ2n) is 9.10. The van der Waals surface area contributed by atoms with Gasteiger partial charge in [-0.2, -0.15) is 0 Å². The summed E-state index contributed by atoms with van der Waals surface area (Å²) in [7, 11) is 0. The van der Waals surface area contributed by atoms with Crippen LogP contribution in [0.4, 0.5) is 0 Å². The summed E-state index contributed by atoms with van der Waals surface area (Å²) in [4.78, 5) is 50.4. The van der Waals surface area contributed by atoms with E-state index in [1.807, 2.05) is 13.8 Å². The molecule has 0 saturated heterocycles. The largest absolute Gasteiger partial charge is 0.480 e. The minimum atomic E-state index is -1.35. The molecule has 0 fully saturated rings. The van der Waals surface area contributed by atoms with E-state index in [-0.39, 0.29) is 18.3 Å². The number of aliphatic hydroxyl groups is 1. The van der Waals surface area contributed by atoms with Crippen molar-refractivity contribution in [3.8, 4) is 0 Å². The molecule has 10 nitrogen and oxygen atoms in total. The second-order valence-corrected chi connectivity index (χ2v) is 9.10. The SMILES string of the molecule is CCC(C)C(N)C(=O)NC(C(=O)NC(Cc1ccccc1)C(=O)NC(C(=O)O)C(C)CC)C(C)O. The number of nitrogens with one attached hydrogen (secondary N) is 3. The Hall–Kier alpha value is -2.98. The van der Waals surface area contributed by atoms with E-state index < -0.39 is 54.0 Å². The Balaban J connectivity index is 3.13. The van der Waals surface area contributed by atoms with Crippen LogP contribution in [0.1, 0.15) is 53.0 Å². The van der Waals surface area contributed by atoms with Crippen molar-refractivity contribution in [1.29, 1.82) is 0 Å². The molecule has 7 N–H and O–H groups in total. The predicted molar refractivity (Wildman–Crippen MR) is 132 cm³/mol. The summed E-state index contributed by atoms with van der Waals surface area (Å²) in [6, 6.07) is 4.41. The smallest absolute Gasteiger partial charge is 0.326 e. The van der Waals surface area contributed by atoms with Crippen molar-refractivity contribution in [3.63, 3.8) is 0 Å². The summed E-state index contributed by atoms with van der Waals surface area (Å²) >= 11 is 0. The minimum absolute atomic E-state index is 0.0815. The fourth-order valence-electron chi connectivity index (χ4n) is 3.42. The molecule has 3 amide bonds. The molecule has 0 aromatic heterocycles. The molecule has 7 atom stereocenters. The van der Waals surface area contributed by atoms with Crippen molar-refractivity contribution >= 4 is 23.7 Å². The molecule has 0 aliphatic rings. The first-order chi connectivity index (χ1) is 16.4. The maximum absolute atomic E-state index is 13.1. The summed E-state index contributed by atoms with van der Waals surface area (Å²) in [5.74, 6) is -3.70. The first-order valence-electron chi connectivity index (χ1n) is 12.0. The van der Waals surface area contributed by atoms with Crippen molar-refractivity contribution in [3.05, 3.63) is 35.9 Å². The lowest BCUT2D eigenvalue weighted by molar-refractivity contribution is -0.144. The molecule has 0 bridgehead atoms. The lowest BCUT2D eigenvalue weighted by atomic mass is 9.97. The van der Waals surface area contributed by atoms with Gasteiger partial charge in [-0.3, -0.25) is 14.4 Å². The first-order valence-corrected chi connectivity index (χ1v) is 12.0. The molecule has 0 saturated carbocycles. The van der Waals surface area contributed by atoms with Crippen molar-refractivity contribution < 1.29 is 29.4 Å². The van der Waals surface area contributed by atoms with Crippen molar-refractivity contribution in [2.75, 3.05) is 0 Å². The summed E-state index contributed by atoms with van der Waals surface area (Å²) in [6.45, 7) is 8.56. The van der Waals surface area contributed by atoms with E-state index in [1.165, 1.54) is 6.92 Å². The predicted octanol–water partition coefficient (Wildman–Crippen LogP) is 0.568. The number of hydrogen-bond acceptors (Lipinski definition) is 6. The maximum Gasteiger partial charge on any atom is 0.326 e. The second kappa shape index (κ2) is 14.4. The van der Waals surface area contributed by atoms with Crippen LogP contribution in [-0.4, -0.2) is 64.2 Å². The number of benzene rings is 1. The molecule has 1 aromatic rings. The van der Waals surface area contributed by atoms with Gasteiger partial charge in [0.15, 0.2) is 0 Å². The zero-order valence-corrected chi connectivity index (χ0v) is 21.2. The zero-order valence-electron chi connectivity index (χ0n) is 21.2. The van der Waals surface area contributed by atoms with Gasteiger partial charge in [-0.1, -0.05) is 70.9 Å². The lowest BCUT2D eigenvalue weighted by Gasteiger charge is -2.28. The number of amides is 3. The number of carboxylic acid groups (broad SMARTS) is 1. The molecule has 7 unspecified atom stereocenters. The highest BCUT2D eigenvalue weighted by Crippen LogP contribution is 2.11. The van der Waals surface area contributed by atoms with E-state index in [1.54, 1.807) is 44.2 Å². The van der Waals surface area contributed by atoms with Gasteiger partial charge in [0.25, 0.3) is 0 Å². The fraction of sp³-hybridized carbons (Fsp3) is 0.600. The maximum atomic E-state index is 13.1. The van der Waals surface area contributed by atoms with E-state index in [4.69, 9.17) is 5.73 Å². The van der Waals surface area contributed by atoms with Crippen LogP contribution < -0.4 is 21.7 Å². The highest BCUT2D eigenvalue weighted by molar-refractivity contribution is 5.94. The molecule has 0 heterocycles. The fourth-order valence-corrected chi connectivity index (χ4v) is 3.42. The quantitative estimate of drug-likeness (QED) is 0.220. The van der Waals surface area contributed by atoms with E-state index in [9.17, 15) is 29.4 Å². The third-order valence-corrected chi connectivity index (χ3v) is 6.31. The monoisotopic (exact) mass is 492 g/mol. The molecule has 35 heavy (non-hydrogen) atoms. The first kappa shape index (κ1) is 30.1. The van der Waals surface area contributed by atoms with Crippen LogP contribution in [0.3, 0.4) is 0 Å². The van der Waals surface area contributed by atoms with Gasteiger partial charge in [-0.25, -0.2) is 4.79 Å². The van der Waals surface area contributed by atoms with Crippen molar-refractivity contribution in [2.45, 2.75) is 84.2 Å². The van der Waals surface area contributed by atoms with E-state index >= 15 is 0 Å². The number of carboxylic acids is 1. The Morgan fingerprint density at radius 2 is 1.37 bits per heavy atom. The summed E-state index contributed by atoms with van der Waals surface area (Å²) < 4.78 is 0. The number of carbonyl (C=O) groups is 4. The van der Waals surface area contributed by atoms with Crippen LogP contribution in [0.2, 0.25) is 0 Å². The number of rotatable bonds is 14. The van der Waals surface area contributed by atoms with E-state index in [0.717, 1.165) is 5.56 Å². The number of nitrogens with two attached hydrogens (primary N) is 1.